The number of para-hydroxylation sites is 2. The first-order chi connectivity index (χ1) is 25.0. The van der Waals surface area contributed by atoms with E-state index in [1.54, 1.807) is 0 Å². The quantitative estimate of drug-likeness (QED) is 0.195. The summed E-state index contributed by atoms with van der Waals surface area (Å²) in [5.41, 5.74) is 3.73. The van der Waals surface area contributed by atoms with Gasteiger partial charge in [-0.25, -0.2) is 0 Å². The minimum absolute atomic E-state index is 0. The third kappa shape index (κ3) is 5.19. The predicted octanol–water partition coefficient (Wildman–Crippen LogP) is 5.57. The number of nitrogens with zero attached hydrogens (tertiary/aromatic N) is 4. The maximum atomic E-state index is 9.19. The van der Waals surface area contributed by atoms with Crippen molar-refractivity contribution in [3.8, 4) is 11.5 Å². The van der Waals surface area contributed by atoms with Crippen molar-refractivity contribution in [2.45, 2.75) is 125 Å². The van der Waals surface area contributed by atoms with Gasteiger partial charge in [0.25, 0.3) is 11.7 Å². The van der Waals surface area contributed by atoms with Crippen LogP contribution in [0.2, 0.25) is 0 Å². The number of benzene rings is 4. The van der Waals surface area contributed by atoms with E-state index in [0.29, 0.717) is 0 Å². The molecule has 4 aliphatic rings. The largest absolute Gasteiger partial charge is 1.00 e. The Labute approximate surface area is 344 Å². The minimum Gasteiger partial charge on any atom is -1.00 e. The second-order valence-electron chi connectivity index (χ2n) is 20.2. The molecule has 0 unspecified atom stereocenters. The minimum atomic E-state index is -3.19. The molecule has 4 aromatic rings. The molecule has 290 valence electrons. The van der Waals surface area contributed by atoms with Crippen LogP contribution in [0.5, 0.6) is 11.5 Å². The van der Waals surface area contributed by atoms with Gasteiger partial charge in [0.05, 0.1) is 40.4 Å². The van der Waals surface area contributed by atoms with Gasteiger partial charge in [-0.15, -0.1) is 0 Å². The SMILES string of the molecule is CC1(C)c2cccc3c2Oc2c1cccc2[Si@]1(N(C(C)(C)C)C(c2ccccc2)=[N+]1C(C)(C)C)[Si-](Cl)[Si@]31N(C(C)(C)C)C(c2ccccc2)=[N+]1C(C)(C)C.[Cl-]. The molecule has 4 heterocycles. The Kier molecular flexibility index (Phi) is 9.05. The average Bonchev–Trinajstić information content (AvgIpc) is 3.02. The van der Waals surface area contributed by atoms with Crippen LogP contribution in [-0.2, 0) is 5.41 Å². The Bertz CT molecular complexity index is 2110. The number of fused-ring (bicyclic) bond motifs is 2. The molecular formula is C45H58Cl2N4OSi3. The van der Waals surface area contributed by atoms with Gasteiger partial charge in [0.1, 0.15) is 11.5 Å². The molecule has 0 N–H and O–H groups in total. The summed E-state index contributed by atoms with van der Waals surface area (Å²) in [6, 6.07) is 36.2. The van der Waals surface area contributed by atoms with Gasteiger partial charge in [0.2, 0.25) is 0 Å². The summed E-state index contributed by atoms with van der Waals surface area (Å²) in [6.07, 6.45) is 0. The van der Waals surface area contributed by atoms with Crippen molar-refractivity contribution in [3.05, 3.63) is 119 Å². The standard InChI is InChI=1S/C45H58ClN4OSi3.ClH/c1-41(2,3)47-39(31-23-17-15-18-24-31)48(42(4,5)6)53(47)35-29-21-27-33-37(35)51-38-34(45(33,13)14)28-22-30-36(38)54(52(53)46)49(43(7,8)9)40(50(54)44(10,11)12)32-25-19-16-20-26-32;/h15-30H,1-14H3;1H/q+1;/p-1. The van der Waals surface area contributed by atoms with E-state index < -0.39 is 23.0 Å². The second kappa shape index (κ2) is 12.4. The molecule has 4 aromatic carbocycles. The van der Waals surface area contributed by atoms with E-state index in [4.69, 9.17) is 4.74 Å². The van der Waals surface area contributed by atoms with E-state index >= 15 is 0 Å². The van der Waals surface area contributed by atoms with Crippen molar-refractivity contribution in [1.29, 1.82) is 0 Å². The summed E-state index contributed by atoms with van der Waals surface area (Å²) in [7, 11) is -8.34. The first kappa shape index (κ1) is 40.1. The van der Waals surface area contributed by atoms with E-state index in [1.165, 1.54) is 44.3 Å². The Morgan fingerprint density at radius 3 is 1.20 bits per heavy atom. The summed E-state index contributed by atoms with van der Waals surface area (Å²) in [6.45, 7) is 33.6. The highest BCUT2D eigenvalue weighted by Gasteiger charge is 2.82. The zero-order chi connectivity index (χ0) is 39.2. The highest BCUT2D eigenvalue weighted by atomic mass is 35.6. The average molecular weight is 826 g/mol. The second-order valence-corrected chi connectivity index (χ2v) is 38.1. The van der Waals surface area contributed by atoms with Crippen LogP contribution >= 0.6 is 11.1 Å². The molecule has 4 aliphatic heterocycles. The van der Waals surface area contributed by atoms with Gasteiger partial charge in [-0.2, -0.15) is 0 Å². The molecule has 0 amide bonds. The van der Waals surface area contributed by atoms with E-state index in [2.05, 4.69) is 212 Å². The van der Waals surface area contributed by atoms with Crippen molar-refractivity contribution >= 4 is 56.1 Å². The van der Waals surface area contributed by atoms with Gasteiger partial charge in [0.15, 0.2) is 0 Å². The molecule has 0 saturated carbocycles. The van der Waals surface area contributed by atoms with E-state index in [-0.39, 0.29) is 40.0 Å². The monoisotopic (exact) mass is 824 g/mol. The van der Waals surface area contributed by atoms with Crippen LogP contribution in [0.4, 0.5) is 0 Å². The van der Waals surface area contributed by atoms with Gasteiger partial charge in [-0.3, -0.25) is 17.6 Å². The van der Waals surface area contributed by atoms with Crippen LogP contribution in [0.1, 0.15) is 119 Å². The number of rotatable bonds is 2. The lowest BCUT2D eigenvalue weighted by molar-refractivity contribution is -0.514. The van der Waals surface area contributed by atoms with Gasteiger partial charge in [-0.05, 0) is 107 Å². The Morgan fingerprint density at radius 1 is 0.545 bits per heavy atom. The molecule has 2 spiro atoms. The fourth-order valence-corrected chi connectivity index (χ4v) is 48.2. The summed E-state index contributed by atoms with van der Waals surface area (Å²) in [5.74, 6) is 4.64. The lowest BCUT2D eigenvalue weighted by Crippen LogP contribution is -3.02. The predicted molar refractivity (Wildman–Crippen MR) is 232 cm³/mol. The lowest BCUT2D eigenvalue weighted by atomic mass is 9.76. The first-order valence-electron chi connectivity index (χ1n) is 19.6. The third-order valence-electron chi connectivity index (χ3n) is 11.8. The molecule has 0 saturated heterocycles. The van der Waals surface area contributed by atoms with Crippen LogP contribution in [0.15, 0.2) is 97.1 Å². The smallest absolute Gasteiger partial charge is 0.352 e. The zero-order valence-corrected chi connectivity index (χ0v) is 39.7. The number of hydrogen-bond donors (Lipinski definition) is 0. The van der Waals surface area contributed by atoms with Crippen LogP contribution in [0, 0.1) is 0 Å². The summed E-state index contributed by atoms with van der Waals surface area (Å²) < 4.78 is 19.1. The van der Waals surface area contributed by atoms with Crippen LogP contribution in [-0.4, -0.2) is 74.4 Å². The van der Waals surface area contributed by atoms with Gasteiger partial charge in [0, 0.05) is 26.9 Å². The van der Waals surface area contributed by atoms with E-state index in [0.717, 1.165) is 11.5 Å². The van der Waals surface area contributed by atoms with Crippen LogP contribution < -0.4 is 27.5 Å². The van der Waals surface area contributed by atoms with E-state index in [1.807, 2.05) is 0 Å². The maximum absolute atomic E-state index is 9.19. The summed E-state index contributed by atoms with van der Waals surface area (Å²) >= 11 is 9.19. The lowest BCUT2D eigenvalue weighted by Gasteiger charge is -2.69. The molecule has 5 nitrogen and oxygen atoms in total. The molecule has 10 heteroatoms. The molecule has 2 bridgehead atoms. The van der Waals surface area contributed by atoms with Crippen LogP contribution in [0.3, 0.4) is 0 Å². The zero-order valence-electron chi connectivity index (χ0n) is 35.2. The molecule has 0 fully saturated rings. The fraction of sp³-hybridized carbons (Fsp3) is 0.422. The number of hydrogen-bond acceptors (Lipinski definition) is 3. The summed E-state index contributed by atoms with van der Waals surface area (Å²) in [5, 5.41) is 2.65. The van der Waals surface area contributed by atoms with Crippen LogP contribution in [0.25, 0.3) is 0 Å². The number of ether oxygens (including phenoxy) is 1. The molecule has 55 heavy (non-hydrogen) atoms. The van der Waals surface area contributed by atoms with Crippen molar-refractivity contribution in [3.63, 3.8) is 0 Å². The first-order valence-corrected chi connectivity index (χ1v) is 27.9. The van der Waals surface area contributed by atoms with Crippen molar-refractivity contribution < 1.29 is 25.6 Å². The Morgan fingerprint density at radius 2 is 0.891 bits per heavy atom. The maximum Gasteiger partial charge on any atom is 0.352 e. The molecule has 0 aliphatic carbocycles. The molecule has 2 atom stereocenters. The molecule has 8 rings (SSSR count). The highest BCUT2D eigenvalue weighted by Crippen LogP contribution is 2.55. The Hall–Kier alpha value is -3.15. The topological polar surface area (TPSA) is 21.7 Å². The molecular weight excluding hydrogens is 768 g/mol. The van der Waals surface area contributed by atoms with Gasteiger partial charge < -0.3 is 28.2 Å². The molecule has 0 aromatic heterocycles. The number of halogens is 2. The highest BCUT2D eigenvalue weighted by molar-refractivity contribution is 7.76. The third-order valence-corrected chi connectivity index (χ3v) is 40.5. The van der Waals surface area contributed by atoms with Gasteiger partial charge in [-0.1, -0.05) is 86.6 Å². The number of amidine groups is 2. The van der Waals surface area contributed by atoms with Crippen molar-refractivity contribution in [2.24, 2.45) is 0 Å². The molecule has 0 radical (unpaired) electrons. The summed E-state index contributed by atoms with van der Waals surface area (Å²) in [4.78, 5) is 0. The normalized spacial score (nSPS) is 23.2. The fourth-order valence-electron chi connectivity index (χ4n) is 10.3. The van der Waals surface area contributed by atoms with Crippen molar-refractivity contribution in [1.82, 2.24) is 9.13 Å². The van der Waals surface area contributed by atoms with E-state index in [9.17, 15) is 11.1 Å². The van der Waals surface area contributed by atoms with Gasteiger partial charge >= 0.3 is 15.8 Å². The van der Waals surface area contributed by atoms with Crippen molar-refractivity contribution in [2.75, 3.05) is 0 Å². The Balaban J connectivity index is 0.00000465.